The van der Waals surface area contributed by atoms with E-state index in [1.54, 1.807) is 79.9 Å². The topological polar surface area (TPSA) is 66.8 Å². The molecule has 1 atom stereocenters. The number of rotatable bonds is 4. The first-order chi connectivity index (χ1) is 14.5. The van der Waals surface area contributed by atoms with E-state index in [4.69, 9.17) is 16.3 Å². The molecule has 0 aromatic heterocycles. The molecule has 1 amide bonds. The van der Waals surface area contributed by atoms with Crippen molar-refractivity contribution >= 4 is 34.7 Å². The maximum atomic E-state index is 13.0. The molecule has 1 fully saturated rings. The molecule has 0 radical (unpaired) electrons. The lowest BCUT2D eigenvalue weighted by Gasteiger charge is -2.25. The number of ether oxygens (including phenoxy) is 1. The van der Waals surface area contributed by atoms with E-state index in [1.807, 2.05) is 6.07 Å². The number of carbonyl (C=O) groups excluding carboxylic acids is 2. The molecule has 1 aliphatic heterocycles. The van der Waals surface area contributed by atoms with Crippen molar-refractivity contribution < 1.29 is 19.4 Å². The van der Waals surface area contributed by atoms with Gasteiger partial charge in [-0.2, -0.15) is 0 Å². The third kappa shape index (κ3) is 3.44. The summed E-state index contributed by atoms with van der Waals surface area (Å²) in [7, 11) is 1.56. The highest BCUT2D eigenvalue weighted by Crippen LogP contribution is 2.42. The van der Waals surface area contributed by atoms with E-state index in [1.165, 1.54) is 4.90 Å². The van der Waals surface area contributed by atoms with Gasteiger partial charge in [-0.1, -0.05) is 60.1 Å². The summed E-state index contributed by atoms with van der Waals surface area (Å²) in [5, 5.41) is 11.4. The first-order valence-electron chi connectivity index (χ1n) is 9.27. The number of ketones is 1. The van der Waals surface area contributed by atoms with Crippen LogP contribution in [0.15, 0.2) is 84.4 Å². The number of carbonyl (C=O) groups is 2. The number of aliphatic hydroxyl groups is 1. The Labute approximate surface area is 178 Å². The highest BCUT2D eigenvalue weighted by Gasteiger charge is 2.47. The molecule has 3 aromatic rings. The Morgan fingerprint density at radius 2 is 1.67 bits per heavy atom. The van der Waals surface area contributed by atoms with Crippen LogP contribution in [0.4, 0.5) is 5.69 Å². The summed E-state index contributed by atoms with van der Waals surface area (Å²) >= 11 is 6.13. The van der Waals surface area contributed by atoms with Gasteiger partial charge in [-0.25, -0.2) is 0 Å². The quantitative estimate of drug-likeness (QED) is 0.368. The molecule has 5 nitrogen and oxygen atoms in total. The predicted octanol–water partition coefficient (Wildman–Crippen LogP) is 4.97. The van der Waals surface area contributed by atoms with Crippen molar-refractivity contribution in [2.45, 2.75) is 6.04 Å². The van der Waals surface area contributed by atoms with E-state index in [9.17, 15) is 14.7 Å². The number of Topliss-reactive ketones (excluding diaryl/α,β-unsaturated/α-hetero) is 1. The maximum Gasteiger partial charge on any atom is 0.300 e. The predicted molar refractivity (Wildman–Crippen MR) is 116 cm³/mol. The van der Waals surface area contributed by atoms with Gasteiger partial charge in [0.15, 0.2) is 0 Å². The highest BCUT2D eigenvalue weighted by atomic mass is 35.5. The fraction of sp³-hybridized carbons (Fsp3) is 0.0833. The average molecular weight is 420 g/mol. The van der Waals surface area contributed by atoms with Crippen LogP contribution in [0, 0.1) is 0 Å². The summed E-state index contributed by atoms with van der Waals surface area (Å²) in [6, 6.07) is 21.6. The van der Waals surface area contributed by atoms with Crippen LogP contribution in [0.1, 0.15) is 17.2 Å². The van der Waals surface area contributed by atoms with Gasteiger partial charge >= 0.3 is 0 Å². The molecule has 150 valence electrons. The summed E-state index contributed by atoms with van der Waals surface area (Å²) in [6.07, 6.45) is 0. The van der Waals surface area contributed by atoms with Crippen LogP contribution in [-0.2, 0) is 9.59 Å². The zero-order valence-corrected chi connectivity index (χ0v) is 16.8. The molecule has 6 heteroatoms. The van der Waals surface area contributed by atoms with Gasteiger partial charge in [-0.3, -0.25) is 14.5 Å². The van der Waals surface area contributed by atoms with E-state index < -0.39 is 17.7 Å². The second kappa shape index (κ2) is 8.05. The third-order valence-electron chi connectivity index (χ3n) is 5.01. The van der Waals surface area contributed by atoms with Crippen LogP contribution in [0.3, 0.4) is 0 Å². The van der Waals surface area contributed by atoms with Crippen molar-refractivity contribution in [3.05, 3.63) is 101 Å². The van der Waals surface area contributed by atoms with Crippen LogP contribution in [0.5, 0.6) is 5.75 Å². The zero-order valence-electron chi connectivity index (χ0n) is 16.1. The van der Waals surface area contributed by atoms with Gasteiger partial charge in [0, 0.05) is 16.3 Å². The van der Waals surface area contributed by atoms with Crippen molar-refractivity contribution in [1.82, 2.24) is 0 Å². The molecular weight excluding hydrogens is 402 g/mol. The summed E-state index contributed by atoms with van der Waals surface area (Å²) in [5.41, 5.74) is 1.61. The molecule has 0 saturated carbocycles. The second-order valence-corrected chi connectivity index (χ2v) is 7.22. The first-order valence-corrected chi connectivity index (χ1v) is 9.65. The maximum absolute atomic E-state index is 13.0. The van der Waals surface area contributed by atoms with Crippen LogP contribution >= 0.6 is 11.6 Å². The number of methoxy groups -OCH3 is 1. The molecule has 1 saturated heterocycles. The van der Waals surface area contributed by atoms with Crippen molar-refractivity contribution in [3.63, 3.8) is 0 Å². The van der Waals surface area contributed by atoms with E-state index in [-0.39, 0.29) is 11.3 Å². The lowest BCUT2D eigenvalue weighted by atomic mass is 9.95. The average Bonchev–Trinajstić information content (AvgIpc) is 3.04. The van der Waals surface area contributed by atoms with Gasteiger partial charge in [0.25, 0.3) is 11.7 Å². The number of benzene rings is 3. The molecule has 30 heavy (non-hydrogen) atoms. The lowest BCUT2D eigenvalue weighted by molar-refractivity contribution is -0.132. The van der Waals surface area contributed by atoms with E-state index in [0.717, 1.165) is 0 Å². The van der Waals surface area contributed by atoms with Crippen LogP contribution < -0.4 is 9.64 Å². The molecule has 1 heterocycles. The SMILES string of the molecule is COc1ccc(C2/C(=C(\O)c3ccccc3)C(=O)C(=O)N2c2cccc(Cl)c2)cc1. The van der Waals surface area contributed by atoms with Gasteiger partial charge in [-0.05, 0) is 35.9 Å². The summed E-state index contributed by atoms with van der Waals surface area (Å²) in [5.74, 6) is -1.06. The fourth-order valence-corrected chi connectivity index (χ4v) is 3.76. The monoisotopic (exact) mass is 419 g/mol. The molecule has 0 spiro atoms. The van der Waals surface area contributed by atoms with Crippen molar-refractivity contribution in [1.29, 1.82) is 0 Å². The summed E-state index contributed by atoms with van der Waals surface area (Å²) < 4.78 is 5.22. The first kappa shape index (κ1) is 19.7. The number of aliphatic hydroxyl groups excluding tert-OH is 1. The van der Waals surface area contributed by atoms with Crippen molar-refractivity contribution in [3.8, 4) is 5.75 Å². The number of halogens is 1. The molecule has 3 aromatic carbocycles. The Hall–Kier alpha value is -3.57. The molecule has 1 N–H and O–H groups in total. The molecule has 0 aliphatic carbocycles. The zero-order chi connectivity index (χ0) is 21.3. The Morgan fingerprint density at radius 1 is 0.967 bits per heavy atom. The van der Waals surface area contributed by atoms with Gasteiger partial charge in [0.1, 0.15) is 11.5 Å². The Bertz CT molecular complexity index is 1140. The number of hydrogen-bond acceptors (Lipinski definition) is 4. The fourth-order valence-electron chi connectivity index (χ4n) is 3.58. The number of anilines is 1. The molecule has 0 bridgehead atoms. The van der Waals surface area contributed by atoms with E-state index in [2.05, 4.69) is 0 Å². The lowest BCUT2D eigenvalue weighted by Crippen LogP contribution is -2.29. The normalized spacial score (nSPS) is 17.9. The Morgan fingerprint density at radius 3 is 2.30 bits per heavy atom. The van der Waals surface area contributed by atoms with Crippen LogP contribution in [0.2, 0.25) is 5.02 Å². The largest absolute Gasteiger partial charge is 0.507 e. The molecule has 1 unspecified atom stereocenters. The van der Waals surface area contributed by atoms with E-state index in [0.29, 0.717) is 27.6 Å². The number of nitrogens with zero attached hydrogens (tertiary/aromatic N) is 1. The minimum Gasteiger partial charge on any atom is -0.507 e. The van der Waals surface area contributed by atoms with Crippen molar-refractivity contribution in [2.24, 2.45) is 0 Å². The second-order valence-electron chi connectivity index (χ2n) is 6.79. The van der Waals surface area contributed by atoms with Gasteiger partial charge < -0.3 is 9.84 Å². The van der Waals surface area contributed by atoms with Crippen molar-refractivity contribution in [2.75, 3.05) is 12.0 Å². The summed E-state index contributed by atoms with van der Waals surface area (Å²) in [4.78, 5) is 27.4. The highest BCUT2D eigenvalue weighted by molar-refractivity contribution is 6.51. The number of amides is 1. The van der Waals surface area contributed by atoms with Crippen LogP contribution in [0.25, 0.3) is 5.76 Å². The Balaban J connectivity index is 1.94. The van der Waals surface area contributed by atoms with Gasteiger partial charge in [-0.15, -0.1) is 0 Å². The number of hydrogen-bond donors (Lipinski definition) is 1. The van der Waals surface area contributed by atoms with Gasteiger partial charge in [0.2, 0.25) is 0 Å². The minimum atomic E-state index is -0.811. The van der Waals surface area contributed by atoms with Gasteiger partial charge in [0.05, 0.1) is 18.7 Å². The minimum absolute atomic E-state index is 0.0244. The summed E-state index contributed by atoms with van der Waals surface area (Å²) in [6.45, 7) is 0. The molecule has 4 rings (SSSR count). The standard InChI is InChI=1S/C24H18ClNO4/c1-30-19-12-10-15(11-13-19)21-20(22(27)16-6-3-2-4-7-16)23(28)24(29)26(21)18-9-5-8-17(25)14-18/h2-14,21,27H,1H3/b22-20+. The molecule has 1 aliphatic rings. The smallest absolute Gasteiger partial charge is 0.300 e. The molecular formula is C24H18ClNO4. The Kier molecular flexibility index (Phi) is 5.29. The van der Waals surface area contributed by atoms with E-state index >= 15 is 0 Å². The van der Waals surface area contributed by atoms with Crippen LogP contribution in [-0.4, -0.2) is 23.9 Å². The third-order valence-corrected chi connectivity index (χ3v) is 5.24.